The average molecular weight is 716 g/mol. The topological polar surface area (TPSA) is 203 Å². The zero-order chi connectivity index (χ0) is 36.4. The Labute approximate surface area is 293 Å². The minimum Gasteiger partial charge on any atom is -0.493 e. The fourth-order valence-corrected chi connectivity index (χ4v) is 7.09. The first-order valence-corrected chi connectivity index (χ1v) is 18.4. The molecular weight excluding hydrogens is 666 g/mol. The first-order chi connectivity index (χ1) is 23.9. The molecule has 1 aromatic carbocycles. The molecule has 4 N–H and O–H groups in total. The van der Waals surface area contributed by atoms with Gasteiger partial charge in [0.15, 0.2) is 22.3 Å². The van der Waals surface area contributed by atoms with Gasteiger partial charge in [-0.05, 0) is 43.4 Å². The summed E-state index contributed by atoms with van der Waals surface area (Å²) in [6.07, 6.45) is 3.32. The number of hydrogen-bond acceptors (Lipinski definition) is 10. The van der Waals surface area contributed by atoms with Crippen LogP contribution in [-0.4, -0.2) is 95.1 Å². The molecule has 0 radical (unpaired) electrons. The Hall–Kier alpha value is -4.51. The Kier molecular flexibility index (Phi) is 13.3. The Morgan fingerprint density at radius 1 is 1.02 bits per heavy atom. The molecule has 0 bridgehead atoms. The van der Waals surface area contributed by atoms with E-state index in [-0.39, 0.29) is 61.8 Å². The number of nitrogens with one attached hydrogen (secondary N) is 4. The summed E-state index contributed by atoms with van der Waals surface area (Å²) in [4.78, 5) is 51.7. The monoisotopic (exact) mass is 715 g/mol. The van der Waals surface area contributed by atoms with E-state index >= 15 is 0 Å². The van der Waals surface area contributed by atoms with Crippen LogP contribution in [0.1, 0.15) is 82.5 Å². The third-order valence-corrected chi connectivity index (χ3v) is 10.5. The lowest BCUT2D eigenvalue weighted by molar-refractivity contribution is -0.130. The van der Waals surface area contributed by atoms with Crippen LogP contribution >= 0.6 is 0 Å². The number of imidazole rings is 1. The highest BCUT2D eigenvalue weighted by atomic mass is 32.2. The summed E-state index contributed by atoms with van der Waals surface area (Å²) >= 11 is 0. The number of hydrogen-bond donors (Lipinski definition) is 4. The Morgan fingerprint density at radius 2 is 1.76 bits per heavy atom. The van der Waals surface area contributed by atoms with Gasteiger partial charge in [-0.3, -0.25) is 14.4 Å². The Bertz CT molecular complexity index is 1740. The number of nitrogens with zero attached hydrogens (tertiary/aromatic N) is 5. The molecule has 3 atom stereocenters. The number of aromatic nitrogens is 5. The van der Waals surface area contributed by atoms with Crippen molar-refractivity contribution in [3.05, 3.63) is 47.4 Å². The number of H-pyrrole nitrogens is 1. The van der Waals surface area contributed by atoms with Crippen molar-refractivity contribution in [1.82, 2.24) is 45.0 Å². The SMILES string of the molecule is CCc1ncc(S(=O)(=O)N2CCCNC(=O)Cn3nc(Cc4ccc(OC)c(OC)c4)nc3[C@@H](C)NC(=O)[C@H]([C@@H](C)CC)NC(=O)CCC2)[nH]1. The molecular formula is C33H49N9O7S. The number of fused-ring (bicyclic) bond motifs is 1. The minimum absolute atomic E-state index is 0.00947. The summed E-state index contributed by atoms with van der Waals surface area (Å²) in [5, 5.41) is 13.3. The van der Waals surface area contributed by atoms with Crippen LogP contribution in [0.5, 0.6) is 11.5 Å². The van der Waals surface area contributed by atoms with E-state index in [1.807, 2.05) is 32.9 Å². The molecule has 1 aliphatic heterocycles. The van der Waals surface area contributed by atoms with E-state index in [4.69, 9.17) is 14.5 Å². The van der Waals surface area contributed by atoms with Crippen molar-refractivity contribution in [1.29, 1.82) is 0 Å². The highest BCUT2D eigenvalue weighted by molar-refractivity contribution is 7.89. The van der Waals surface area contributed by atoms with Crippen molar-refractivity contribution in [3.8, 4) is 11.5 Å². The molecule has 0 fully saturated rings. The largest absolute Gasteiger partial charge is 0.493 e. The van der Waals surface area contributed by atoms with Gasteiger partial charge in [-0.15, -0.1) is 0 Å². The normalized spacial score (nSPS) is 19.7. The molecule has 50 heavy (non-hydrogen) atoms. The van der Waals surface area contributed by atoms with Gasteiger partial charge in [-0.25, -0.2) is 23.1 Å². The first-order valence-electron chi connectivity index (χ1n) is 16.9. The van der Waals surface area contributed by atoms with Gasteiger partial charge in [0, 0.05) is 38.9 Å². The van der Waals surface area contributed by atoms with E-state index in [0.717, 1.165) is 5.56 Å². The van der Waals surface area contributed by atoms with Gasteiger partial charge in [0.25, 0.3) is 10.0 Å². The number of sulfonamides is 1. The molecule has 3 heterocycles. The molecule has 0 saturated carbocycles. The second-order valence-electron chi connectivity index (χ2n) is 12.3. The van der Waals surface area contributed by atoms with Crippen LogP contribution in [0.15, 0.2) is 29.4 Å². The Morgan fingerprint density at radius 3 is 2.44 bits per heavy atom. The number of amides is 3. The maximum Gasteiger partial charge on any atom is 0.260 e. The zero-order valence-corrected chi connectivity index (χ0v) is 30.4. The van der Waals surface area contributed by atoms with Gasteiger partial charge in [0.05, 0.1) is 26.5 Å². The van der Waals surface area contributed by atoms with Crippen LogP contribution in [0, 0.1) is 5.92 Å². The third kappa shape index (κ3) is 9.59. The summed E-state index contributed by atoms with van der Waals surface area (Å²) in [6.45, 7) is 7.59. The number of aryl methyl sites for hydroxylation is 1. The average Bonchev–Trinajstić information content (AvgIpc) is 3.75. The number of benzene rings is 1. The predicted octanol–water partition coefficient (Wildman–Crippen LogP) is 1.87. The molecule has 17 heteroatoms. The Balaban J connectivity index is 1.62. The second kappa shape index (κ2) is 17.4. The van der Waals surface area contributed by atoms with Crippen LogP contribution in [0.3, 0.4) is 0 Å². The molecule has 0 aliphatic carbocycles. The van der Waals surface area contributed by atoms with E-state index in [1.54, 1.807) is 27.2 Å². The van der Waals surface area contributed by atoms with Crippen molar-refractivity contribution < 1.29 is 32.3 Å². The maximum atomic E-state index is 13.6. The predicted molar refractivity (Wildman–Crippen MR) is 184 cm³/mol. The van der Waals surface area contributed by atoms with Crippen molar-refractivity contribution in [2.75, 3.05) is 33.9 Å². The molecule has 16 nitrogen and oxygen atoms in total. The molecule has 0 spiro atoms. The van der Waals surface area contributed by atoms with Crippen molar-refractivity contribution in [2.45, 2.75) is 89.9 Å². The maximum absolute atomic E-state index is 13.6. The molecule has 1 aliphatic rings. The molecule has 4 rings (SSSR count). The number of aromatic amines is 1. The smallest absolute Gasteiger partial charge is 0.260 e. The van der Waals surface area contributed by atoms with Crippen LogP contribution in [-0.2, 0) is 43.8 Å². The van der Waals surface area contributed by atoms with E-state index < -0.39 is 28.0 Å². The van der Waals surface area contributed by atoms with Crippen LogP contribution in [0.25, 0.3) is 0 Å². The van der Waals surface area contributed by atoms with Crippen LogP contribution in [0.4, 0.5) is 0 Å². The highest BCUT2D eigenvalue weighted by Gasteiger charge is 2.30. The van der Waals surface area contributed by atoms with Crippen LogP contribution < -0.4 is 25.4 Å². The fraction of sp³-hybridized carbons (Fsp3) is 0.576. The number of rotatable bonds is 9. The van der Waals surface area contributed by atoms with Crippen molar-refractivity contribution in [2.24, 2.45) is 5.92 Å². The lowest BCUT2D eigenvalue weighted by atomic mass is 9.97. The molecule has 274 valence electrons. The quantitative estimate of drug-likeness (QED) is 0.253. The summed E-state index contributed by atoms with van der Waals surface area (Å²) < 4.78 is 40.6. The number of carbonyl (C=O) groups excluding carboxylic acids is 3. The van der Waals surface area contributed by atoms with Gasteiger partial charge in [-0.1, -0.05) is 33.3 Å². The van der Waals surface area contributed by atoms with Gasteiger partial charge in [0.2, 0.25) is 17.7 Å². The van der Waals surface area contributed by atoms with Crippen LogP contribution in [0.2, 0.25) is 0 Å². The van der Waals surface area contributed by atoms with Gasteiger partial charge in [-0.2, -0.15) is 9.40 Å². The van der Waals surface area contributed by atoms with E-state index in [0.29, 0.717) is 54.7 Å². The number of methoxy groups -OCH3 is 2. The molecule has 3 amide bonds. The standard InChI is InChI=1S/C33H49N9O7S/c1-7-21(3)31-33(45)36-22(4)32-38-27(18-23-12-13-24(48-5)25(17-23)49-6)40-42(32)20-29(44)34-14-10-16-41(15-9-11-28(43)39-31)50(46,47)30-19-35-26(8-2)37-30/h12-13,17,19,21-22,31H,7-11,14-16,18,20H2,1-6H3,(H,34,44)(H,35,37)(H,36,45)(H,39,43)/t21-,22+,31-/m0/s1. The summed E-state index contributed by atoms with van der Waals surface area (Å²) in [5.41, 5.74) is 0.845. The first kappa shape index (κ1) is 38.3. The summed E-state index contributed by atoms with van der Waals surface area (Å²) in [7, 11) is -0.852. The summed E-state index contributed by atoms with van der Waals surface area (Å²) in [6, 6.07) is 3.97. The number of ether oxygens (including phenoxy) is 2. The fourth-order valence-electron chi connectivity index (χ4n) is 5.64. The van der Waals surface area contributed by atoms with Crippen molar-refractivity contribution in [3.63, 3.8) is 0 Å². The minimum atomic E-state index is -3.96. The second-order valence-corrected chi connectivity index (χ2v) is 14.2. The summed E-state index contributed by atoms with van der Waals surface area (Å²) in [5.74, 6) is 1.13. The molecule has 2 aromatic heterocycles. The highest BCUT2D eigenvalue weighted by Crippen LogP contribution is 2.28. The van der Waals surface area contributed by atoms with Crippen molar-refractivity contribution >= 4 is 27.7 Å². The third-order valence-electron chi connectivity index (χ3n) is 8.68. The molecule has 3 aromatic rings. The van der Waals surface area contributed by atoms with E-state index in [9.17, 15) is 22.8 Å². The van der Waals surface area contributed by atoms with E-state index in [1.165, 1.54) is 15.2 Å². The lowest BCUT2D eigenvalue weighted by Crippen LogP contribution is -2.51. The van der Waals surface area contributed by atoms with Gasteiger partial charge in [0.1, 0.15) is 24.2 Å². The zero-order valence-electron chi connectivity index (χ0n) is 29.6. The molecule has 0 unspecified atom stereocenters. The van der Waals surface area contributed by atoms with E-state index in [2.05, 4.69) is 31.0 Å². The number of carbonyl (C=O) groups is 3. The molecule has 0 saturated heterocycles. The van der Waals surface area contributed by atoms with Gasteiger partial charge >= 0.3 is 0 Å². The van der Waals surface area contributed by atoms with Gasteiger partial charge < -0.3 is 30.4 Å². The lowest BCUT2D eigenvalue weighted by Gasteiger charge is -2.26.